The highest BCUT2D eigenvalue weighted by molar-refractivity contribution is 7.22. The van der Waals surface area contributed by atoms with Gasteiger partial charge in [0.05, 0.1) is 10.3 Å². The SMILES string of the molecule is CNc1nc(-c2nccn2C)nc2sc(-c3ccn(C(C)C)n3)c(C)c12. The lowest BCUT2D eigenvalue weighted by molar-refractivity contribution is 0.534. The van der Waals surface area contributed by atoms with Crippen molar-refractivity contribution in [2.75, 3.05) is 12.4 Å². The summed E-state index contributed by atoms with van der Waals surface area (Å²) in [6.07, 6.45) is 5.67. The molecule has 0 radical (unpaired) electrons. The standard InChI is InChI=1S/C18H21N7S/c1-10(2)25-8-6-12(23-25)14-11(3)13-15(19-4)21-16(22-18(13)26-14)17-20-7-9-24(17)5/h6-10H,1-5H3,(H,19,21,22). The van der Waals surface area contributed by atoms with Gasteiger partial charge in [-0.1, -0.05) is 0 Å². The number of anilines is 1. The molecular formula is C18H21N7S. The molecule has 0 saturated carbocycles. The summed E-state index contributed by atoms with van der Waals surface area (Å²) in [5.41, 5.74) is 2.12. The molecule has 0 bridgehead atoms. The van der Waals surface area contributed by atoms with E-state index in [-0.39, 0.29) is 0 Å². The van der Waals surface area contributed by atoms with Crippen molar-refractivity contribution in [3.63, 3.8) is 0 Å². The minimum atomic E-state index is 0.334. The summed E-state index contributed by atoms with van der Waals surface area (Å²) < 4.78 is 3.90. The van der Waals surface area contributed by atoms with Crippen LogP contribution in [0.25, 0.3) is 32.4 Å². The summed E-state index contributed by atoms with van der Waals surface area (Å²) in [5.74, 6) is 2.19. The maximum atomic E-state index is 4.79. The van der Waals surface area contributed by atoms with E-state index in [1.165, 1.54) is 0 Å². The lowest BCUT2D eigenvalue weighted by Crippen LogP contribution is -2.01. The van der Waals surface area contributed by atoms with E-state index in [1.807, 2.05) is 35.7 Å². The van der Waals surface area contributed by atoms with Crippen LogP contribution in [0, 0.1) is 6.92 Å². The minimum Gasteiger partial charge on any atom is -0.372 e. The van der Waals surface area contributed by atoms with Crippen molar-refractivity contribution in [2.45, 2.75) is 26.8 Å². The number of nitrogens with zero attached hydrogens (tertiary/aromatic N) is 6. The third kappa shape index (κ3) is 2.57. The molecule has 0 aromatic carbocycles. The first kappa shape index (κ1) is 16.7. The molecule has 7 nitrogen and oxygen atoms in total. The lowest BCUT2D eigenvalue weighted by Gasteiger charge is -2.06. The maximum Gasteiger partial charge on any atom is 0.199 e. The van der Waals surface area contributed by atoms with Gasteiger partial charge in [-0.15, -0.1) is 11.3 Å². The Labute approximate surface area is 155 Å². The molecule has 0 atom stereocenters. The molecule has 0 amide bonds. The van der Waals surface area contributed by atoms with E-state index in [9.17, 15) is 0 Å². The Morgan fingerprint density at radius 2 is 2.00 bits per heavy atom. The second-order valence-corrected chi connectivity index (χ2v) is 7.52. The Bertz CT molecular complexity index is 1090. The van der Waals surface area contributed by atoms with Gasteiger partial charge in [0.2, 0.25) is 0 Å². The van der Waals surface area contributed by atoms with Crippen molar-refractivity contribution in [2.24, 2.45) is 7.05 Å². The molecule has 0 spiro atoms. The molecule has 0 unspecified atom stereocenters. The van der Waals surface area contributed by atoms with E-state index in [0.717, 1.165) is 38.0 Å². The molecule has 1 N–H and O–H groups in total. The molecule has 4 heterocycles. The van der Waals surface area contributed by atoms with Crippen LogP contribution in [0.15, 0.2) is 24.7 Å². The monoisotopic (exact) mass is 367 g/mol. The van der Waals surface area contributed by atoms with Crippen LogP contribution in [0.4, 0.5) is 5.82 Å². The van der Waals surface area contributed by atoms with E-state index < -0.39 is 0 Å². The highest BCUT2D eigenvalue weighted by Gasteiger charge is 2.20. The van der Waals surface area contributed by atoms with Crippen molar-refractivity contribution < 1.29 is 0 Å². The quantitative estimate of drug-likeness (QED) is 0.592. The van der Waals surface area contributed by atoms with Crippen molar-refractivity contribution in [3.8, 4) is 22.2 Å². The number of fused-ring (bicyclic) bond motifs is 1. The zero-order chi connectivity index (χ0) is 18.4. The first-order chi connectivity index (χ1) is 12.5. The minimum absolute atomic E-state index is 0.334. The van der Waals surface area contributed by atoms with Gasteiger partial charge in [-0.25, -0.2) is 15.0 Å². The smallest absolute Gasteiger partial charge is 0.199 e. The molecule has 0 fully saturated rings. The van der Waals surface area contributed by atoms with Gasteiger partial charge in [-0.3, -0.25) is 4.68 Å². The highest BCUT2D eigenvalue weighted by Crippen LogP contribution is 2.40. The zero-order valence-electron chi connectivity index (χ0n) is 15.5. The van der Waals surface area contributed by atoms with Crippen LogP contribution in [0.2, 0.25) is 0 Å². The summed E-state index contributed by atoms with van der Waals surface area (Å²) >= 11 is 1.64. The van der Waals surface area contributed by atoms with Crippen LogP contribution in [0.5, 0.6) is 0 Å². The number of aromatic nitrogens is 6. The van der Waals surface area contributed by atoms with Crippen LogP contribution in [-0.4, -0.2) is 36.3 Å². The van der Waals surface area contributed by atoms with Crippen molar-refractivity contribution in [1.82, 2.24) is 29.3 Å². The van der Waals surface area contributed by atoms with Gasteiger partial charge >= 0.3 is 0 Å². The van der Waals surface area contributed by atoms with Gasteiger partial charge in [-0.2, -0.15) is 5.10 Å². The fourth-order valence-corrected chi connectivity index (χ4v) is 4.14. The Morgan fingerprint density at radius 1 is 1.19 bits per heavy atom. The van der Waals surface area contributed by atoms with Gasteiger partial charge in [0.15, 0.2) is 11.6 Å². The van der Waals surface area contributed by atoms with Crippen molar-refractivity contribution in [1.29, 1.82) is 0 Å². The summed E-state index contributed by atoms with van der Waals surface area (Å²) in [7, 11) is 3.83. The van der Waals surface area contributed by atoms with E-state index in [1.54, 1.807) is 17.5 Å². The Balaban J connectivity index is 1.92. The lowest BCUT2D eigenvalue weighted by atomic mass is 10.1. The van der Waals surface area contributed by atoms with Crippen molar-refractivity contribution in [3.05, 3.63) is 30.2 Å². The third-order valence-electron chi connectivity index (χ3n) is 4.42. The summed E-state index contributed by atoms with van der Waals surface area (Å²) in [6.45, 7) is 6.35. The summed E-state index contributed by atoms with van der Waals surface area (Å²) in [5, 5.41) is 8.98. The number of imidazole rings is 1. The highest BCUT2D eigenvalue weighted by atomic mass is 32.1. The Kier molecular flexibility index (Phi) is 3.99. The van der Waals surface area contributed by atoms with Crippen LogP contribution in [-0.2, 0) is 7.05 Å². The maximum absolute atomic E-state index is 4.79. The topological polar surface area (TPSA) is 73.5 Å². The number of nitrogens with one attached hydrogen (secondary N) is 1. The van der Waals surface area contributed by atoms with Crippen LogP contribution in [0.1, 0.15) is 25.5 Å². The third-order valence-corrected chi connectivity index (χ3v) is 5.63. The molecule has 0 aliphatic carbocycles. The molecule has 8 heteroatoms. The number of rotatable bonds is 4. The fraction of sp³-hybridized carbons (Fsp3) is 0.333. The molecule has 26 heavy (non-hydrogen) atoms. The number of thiophene rings is 1. The average molecular weight is 367 g/mol. The molecular weight excluding hydrogens is 346 g/mol. The van der Waals surface area contributed by atoms with E-state index >= 15 is 0 Å². The normalized spacial score (nSPS) is 11.6. The average Bonchev–Trinajstić information content (AvgIpc) is 3.33. The molecule has 4 aromatic heterocycles. The van der Waals surface area contributed by atoms with Gasteiger partial charge in [0, 0.05) is 38.7 Å². The van der Waals surface area contributed by atoms with Crippen LogP contribution in [0.3, 0.4) is 0 Å². The predicted molar refractivity (Wildman–Crippen MR) is 106 cm³/mol. The Morgan fingerprint density at radius 3 is 2.62 bits per heavy atom. The second kappa shape index (κ2) is 6.21. The van der Waals surface area contributed by atoms with E-state index in [2.05, 4.69) is 37.1 Å². The van der Waals surface area contributed by atoms with Crippen molar-refractivity contribution >= 4 is 27.4 Å². The first-order valence-electron chi connectivity index (χ1n) is 8.51. The molecule has 0 saturated heterocycles. The number of hydrogen-bond acceptors (Lipinski definition) is 6. The molecule has 134 valence electrons. The van der Waals surface area contributed by atoms with Gasteiger partial charge < -0.3 is 9.88 Å². The summed E-state index contributed by atoms with van der Waals surface area (Å²) in [4.78, 5) is 15.9. The molecule has 0 aliphatic heterocycles. The van der Waals surface area contributed by atoms with E-state index in [0.29, 0.717) is 11.9 Å². The van der Waals surface area contributed by atoms with E-state index in [4.69, 9.17) is 15.1 Å². The zero-order valence-corrected chi connectivity index (χ0v) is 16.3. The van der Waals surface area contributed by atoms with Gasteiger partial charge in [0.25, 0.3) is 0 Å². The van der Waals surface area contributed by atoms with Crippen LogP contribution < -0.4 is 5.32 Å². The van der Waals surface area contributed by atoms with Crippen LogP contribution >= 0.6 is 11.3 Å². The predicted octanol–water partition coefficient (Wildman–Crippen LogP) is 3.89. The number of hydrogen-bond donors (Lipinski definition) is 1. The largest absolute Gasteiger partial charge is 0.372 e. The molecule has 4 aromatic rings. The molecule has 4 rings (SSSR count). The number of aryl methyl sites for hydroxylation is 2. The fourth-order valence-electron chi connectivity index (χ4n) is 2.99. The van der Waals surface area contributed by atoms with Gasteiger partial charge in [0.1, 0.15) is 16.3 Å². The summed E-state index contributed by atoms with van der Waals surface area (Å²) in [6, 6.07) is 2.39. The molecule has 0 aliphatic rings. The van der Waals surface area contributed by atoms with Gasteiger partial charge in [-0.05, 0) is 32.4 Å². The first-order valence-corrected chi connectivity index (χ1v) is 9.33. The Hall–Kier alpha value is -2.74. The second-order valence-electron chi connectivity index (χ2n) is 6.52.